The predicted octanol–water partition coefficient (Wildman–Crippen LogP) is 1.80. The Labute approximate surface area is 100 Å². The maximum atomic E-state index is 10.7. The van der Waals surface area contributed by atoms with Crippen molar-refractivity contribution in [3.63, 3.8) is 0 Å². The van der Waals surface area contributed by atoms with Gasteiger partial charge in [0.25, 0.3) is 0 Å². The minimum Gasteiger partial charge on any atom is -0.478 e. The van der Waals surface area contributed by atoms with Crippen LogP contribution in [0.3, 0.4) is 0 Å². The van der Waals surface area contributed by atoms with E-state index in [0.29, 0.717) is 11.9 Å². The molecule has 0 amide bonds. The number of aromatic nitrogens is 2. The summed E-state index contributed by atoms with van der Waals surface area (Å²) in [6.07, 6.45) is 6.34. The molecule has 5 heteroatoms. The summed E-state index contributed by atoms with van der Waals surface area (Å²) in [6, 6.07) is 0. The van der Waals surface area contributed by atoms with Crippen molar-refractivity contribution in [2.75, 3.05) is 18.0 Å². The zero-order valence-electron chi connectivity index (χ0n) is 9.96. The smallest absolute Gasteiger partial charge is 0.338 e. The Hall–Kier alpha value is -1.65. The number of rotatable bonds is 3. The lowest BCUT2D eigenvalue weighted by molar-refractivity contribution is 0.0696. The lowest BCUT2D eigenvalue weighted by Crippen LogP contribution is -2.36. The molecule has 1 atom stereocenters. The molecule has 1 aliphatic rings. The Morgan fingerprint density at radius 2 is 2.24 bits per heavy atom. The van der Waals surface area contributed by atoms with Gasteiger partial charge in [0, 0.05) is 25.5 Å². The van der Waals surface area contributed by atoms with Gasteiger partial charge in [-0.3, -0.25) is 0 Å². The molecule has 1 aromatic heterocycles. The lowest BCUT2D eigenvalue weighted by atomic mass is 9.96. The topological polar surface area (TPSA) is 66.3 Å². The fourth-order valence-corrected chi connectivity index (χ4v) is 2.17. The maximum absolute atomic E-state index is 10.7. The van der Waals surface area contributed by atoms with Gasteiger partial charge in [-0.15, -0.1) is 0 Å². The number of hydrogen-bond donors (Lipinski definition) is 1. The number of carboxylic acid groups (broad SMARTS) is 1. The zero-order chi connectivity index (χ0) is 12.3. The number of carboxylic acids is 1. The van der Waals surface area contributed by atoms with Gasteiger partial charge in [-0.2, -0.15) is 0 Å². The van der Waals surface area contributed by atoms with Crippen LogP contribution in [-0.4, -0.2) is 34.1 Å². The molecule has 5 nitrogen and oxygen atoms in total. The van der Waals surface area contributed by atoms with Crippen molar-refractivity contribution in [1.82, 2.24) is 9.97 Å². The first kappa shape index (κ1) is 11.8. The highest BCUT2D eigenvalue weighted by Gasteiger charge is 2.20. The SMILES string of the molecule is CCC1CCCN(c2ncc(C(=O)O)cn2)C1. The van der Waals surface area contributed by atoms with E-state index in [0.717, 1.165) is 19.5 Å². The van der Waals surface area contributed by atoms with E-state index in [-0.39, 0.29) is 5.56 Å². The minimum atomic E-state index is -0.985. The summed E-state index contributed by atoms with van der Waals surface area (Å²) in [4.78, 5) is 21.1. The van der Waals surface area contributed by atoms with Gasteiger partial charge in [-0.1, -0.05) is 13.3 Å². The minimum absolute atomic E-state index is 0.137. The highest BCUT2D eigenvalue weighted by atomic mass is 16.4. The number of carbonyl (C=O) groups is 1. The normalized spacial score (nSPS) is 20.3. The highest BCUT2D eigenvalue weighted by Crippen LogP contribution is 2.22. The van der Waals surface area contributed by atoms with E-state index < -0.39 is 5.97 Å². The average molecular weight is 235 g/mol. The van der Waals surface area contributed by atoms with E-state index in [1.54, 1.807) is 0 Å². The molecule has 1 aromatic rings. The van der Waals surface area contributed by atoms with Gasteiger partial charge in [-0.05, 0) is 18.8 Å². The summed E-state index contributed by atoms with van der Waals surface area (Å²) in [5.41, 5.74) is 0.137. The van der Waals surface area contributed by atoms with Crippen molar-refractivity contribution in [2.24, 2.45) is 5.92 Å². The van der Waals surface area contributed by atoms with Crippen molar-refractivity contribution in [3.05, 3.63) is 18.0 Å². The van der Waals surface area contributed by atoms with Crippen LogP contribution >= 0.6 is 0 Å². The third kappa shape index (κ3) is 2.72. The van der Waals surface area contributed by atoms with Crippen LogP contribution < -0.4 is 4.90 Å². The Morgan fingerprint density at radius 3 is 2.82 bits per heavy atom. The van der Waals surface area contributed by atoms with Gasteiger partial charge >= 0.3 is 5.97 Å². The van der Waals surface area contributed by atoms with Crippen LogP contribution in [0, 0.1) is 5.92 Å². The Bertz CT molecular complexity index is 391. The third-order valence-electron chi connectivity index (χ3n) is 3.26. The standard InChI is InChI=1S/C12H17N3O2/c1-2-9-4-3-5-15(8-9)12-13-6-10(7-14-12)11(16)17/h6-7,9H,2-5,8H2,1H3,(H,16,17). The van der Waals surface area contributed by atoms with Crippen LogP contribution in [0.25, 0.3) is 0 Å². The molecule has 17 heavy (non-hydrogen) atoms. The van der Waals surface area contributed by atoms with Gasteiger partial charge in [0.2, 0.25) is 5.95 Å². The van der Waals surface area contributed by atoms with Gasteiger partial charge in [0.1, 0.15) is 0 Å². The summed E-state index contributed by atoms with van der Waals surface area (Å²) < 4.78 is 0. The molecule has 0 aromatic carbocycles. The molecule has 2 heterocycles. The first-order valence-corrected chi connectivity index (χ1v) is 6.01. The van der Waals surface area contributed by atoms with E-state index in [1.165, 1.54) is 25.2 Å². The molecule has 0 saturated carbocycles. The number of aromatic carboxylic acids is 1. The van der Waals surface area contributed by atoms with Crippen molar-refractivity contribution in [3.8, 4) is 0 Å². The van der Waals surface area contributed by atoms with E-state index in [9.17, 15) is 4.79 Å². The molecule has 1 aliphatic heterocycles. The average Bonchev–Trinajstić information content (AvgIpc) is 2.39. The van der Waals surface area contributed by atoms with Gasteiger partial charge in [-0.25, -0.2) is 14.8 Å². The van der Waals surface area contributed by atoms with Crippen LogP contribution in [-0.2, 0) is 0 Å². The molecule has 2 rings (SSSR count). The predicted molar refractivity (Wildman–Crippen MR) is 64.2 cm³/mol. The number of nitrogens with zero attached hydrogens (tertiary/aromatic N) is 3. The molecule has 0 aliphatic carbocycles. The fraction of sp³-hybridized carbons (Fsp3) is 0.583. The van der Waals surface area contributed by atoms with E-state index in [4.69, 9.17) is 5.11 Å². The lowest BCUT2D eigenvalue weighted by Gasteiger charge is -2.32. The van der Waals surface area contributed by atoms with Gasteiger partial charge in [0.05, 0.1) is 5.56 Å². The molecule has 92 valence electrons. The monoisotopic (exact) mass is 235 g/mol. The molecule has 1 saturated heterocycles. The Balaban J connectivity index is 2.08. The molecule has 0 spiro atoms. The van der Waals surface area contributed by atoms with Crippen molar-refractivity contribution in [2.45, 2.75) is 26.2 Å². The van der Waals surface area contributed by atoms with Crippen LogP contribution in [0.5, 0.6) is 0 Å². The van der Waals surface area contributed by atoms with Crippen molar-refractivity contribution in [1.29, 1.82) is 0 Å². The first-order chi connectivity index (χ1) is 8.20. The van der Waals surface area contributed by atoms with E-state index in [2.05, 4.69) is 21.8 Å². The quantitative estimate of drug-likeness (QED) is 0.865. The van der Waals surface area contributed by atoms with Crippen LogP contribution in [0.2, 0.25) is 0 Å². The summed E-state index contributed by atoms with van der Waals surface area (Å²) in [5, 5.41) is 8.77. The maximum Gasteiger partial charge on any atom is 0.338 e. The van der Waals surface area contributed by atoms with Crippen molar-refractivity contribution >= 4 is 11.9 Å². The Morgan fingerprint density at radius 1 is 1.53 bits per heavy atom. The largest absolute Gasteiger partial charge is 0.478 e. The summed E-state index contributed by atoms with van der Waals surface area (Å²) in [7, 11) is 0. The van der Waals surface area contributed by atoms with Gasteiger partial charge in [0.15, 0.2) is 0 Å². The fourth-order valence-electron chi connectivity index (χ4n) is 2.17. The number of hydrogen-bond acceptors (Lipinski definition) is 4. The molecule has 1 fully saturated rings. The first-order valence-electron chi connectivity index (χ1n) is 6.01. The van der Waals surface area contributed by atoms with Crippen LogP contribution in [0.15, 0.2) is 12.4 Å². The summed E-state index contributed by atoms with van der Waals surface area (Å²) >= 11 is 0. The van der Waals surface area contributed by atoms with Crippen molar-refractivity contribution < 1.29 is 9.90 Å². The number of piperidine rings is 1. The second kappa shape index (κ2) is 5.12. The molecule has 0 radical (unpaired) electrons. The van der Waals surface area contributed by atoms with E-state index >= 15 is 0 Å². The molecular weight excluding hydrogens is 218 g/mol. The Kier molecular flexibility index (Phi) is 3.56. The molecule has 1 N–H and O–H groups in total. The summed E-state index contributed by atoms with van der Waals surface area (Å²) in [6.45, 7) is 4.13. The van der Waals surface area contributed by atoms with E-state index in [1.807, 2.05) is 0 Å². The zero-order valence-corrected chi connectivity index (χ0v) is 9.96. The molecule has 1 unspecified atom stereocenters. The number of anilines is 1. The third-order valence-corrected chi connectivity index (χ3v) is 3.26. The van der Waals surface area contributed by atoms with Crippen LogP contribution in [0.4, 0.5) is 5.95 Å². The second-order valence-corrected chi connectivity index (χ2v) is 4.44. The second-order valence-electron chi connectivity index (χ2n) is 4.44. The molecular formula is C12H17N3O2. The summed E-state index contributed by atoms with van der Waals surface area (Å²) in [5.74, 6) is 0.362. The highest BCUT2D eigenvalue weighted by molar-refractivity contribution is 5.86. The molecule has 0 bridgehead atoms. The van der Waals surface area contributed by atoms with Gasteiger partial charge < -0.3 is 10.0 Å². The van der Waals surface area contributed by atoms with Crippen LogP contribution in [0.1, 0.15) is 36.5 Å².